The Morgan fingerprint density at radius 1 is 0.964 bits per heavy atom. The zero-order valence-electron chi connectivity index (χ0n) is 14.9. The van der Waals surface area contributed by atoms with Crippen molar-refractivity contribution in [3.05, 3.63) is 71.8 Å². The predicted molar refractivity (Wildman–Crippen MR) is 95.1 cm³/mol. The minimum Gasteiger partial charge on any atom is -0.377 e. The summed E-state index contributed by atoms with van der Waals surface area (Å²) < 4.78 is 47.0. The minimum absolute atomic E-state index is 0.163. The number of imide groups is 1. The molecule has 0 unspecified atom stereocenters. The van der Waals surface area contributed by atoms with Crippen molar-refractivity contribution < 1.29 is 27.5 Å². The molecule has 8 heteroatoms. The molecule has 0 saturated carbocycles. The first kappa shape index (κ1) is 19.9. The number of nitrogens with zero attached hydrogens (tertiary/aromatic N) is 1. The lowest BCUT2D eigenvalue weighted by Gasteiger charge is -2.29. The summed E-state index contributed by atoms with van der Waals surface area (Å²) in [5.74, 6) is -1.32. The number of carbonyl (C=O) groups is 2. The Balaban J connectivity index is 1.65. The summed E-state index contributed by atoms with van der Waals surface area (Å²) in [5, 5.41) is 1.86. The Bertz CT molecular complexity index is 828. The largest absolute Gasteiger partial charge is 0.425 e. The van der Waals surface area contributed by atoms with Gasteiger partial charge in [0.1, 0.15) is 0 Å². The lowest BCUT2D eigenvalue weighted by molar-refractivity contribution is -0.198. The van der Waals surface area contributed by atoms with Crippen molar-refractivity contribution in [2.45, 2.75) is 24.7 Å². The summed E-state index contributed by atoms with van der Waals surface area (Å²) in [6, 6.07) is 15.0. The van der Waals surface area contributed by atoms with Crippen LogP contribution in [0, 0.1) is 0 Å². The highest BCUT2D eigenvalue weighted by Crippen LogP contribution is 2.43. The Labute approximate surface area is 160 Å². The number of ether oxygens (including phenoxy) is 1. The van der Waals surface area contributed by atoms with Crippen LogP contribution in [0.2, 0.25) is 0 Å². The quantitative estimate of drug-likeness (QED) is 0.579. The molecule has 2 aromatic carbocycles. The number of amides is 3. The molecule has 1 aliphatic rings. The standard InChI is InChI=1S/C20H19F3N2O3/c21-20(22,23)19(16-10-5-2-6-11-16)17(26)25(18(27)24-19)12-7-13-28-14-15-8-3-1-4-9-15/h1-6,8-11H,7,12-14H2,(H,24,27)/t19-/m0/s1. The van der Waals surface area contributed by atoms with Crippen molar-refractivity contribution in [2.24, 2.45) is 0 Å². The molecule has 0 aliphatic carbocycles. The summed E-state index contributed by atoms with van der Waals surface area (Å²) in [6.07, 6.45) is -4.74. The van der Waals surface area contributed by atoms with E-state index >= 15 is 0 Å². The molecule has 1 aliphatic heterocycles. The first-order valence-corrected chi connectivity index (χ1v) is 8.74. The normalized spacial score (nSPS) is 19.8. The zero-order chi connectivity index (χ0) is 20.2. The third-order valence-electron chi connectivity index (χ3n) is 4.52. The summed E-state index contributed by atoms with van der Waals surface area (Å²) >= 11 is 0. The van der Waals surface area contributed by atoms with Crippen molar-refractivity contribution in [3.8, 4) is 0 Å². The van der Waals surface area contributed by atoms with Crippen LogP contribution in [0.15, 0.2) is 60.7 Å². The van der Waals surface area contributed by atoms with Gasteiger partial charge in [0.2, 0.25) is 5.54 Å². The van der Waals surface area contributed by atoms with Crippen molar-refractivity contribution in [1.82, 2.24) is 10.2 Å². The average Bonchev–Trinajstić information content (AvgIpc) is 2.94. The monoisotopic (exact) mass is 392 g/mol. The Morgan fingerprint density at radius 2 is 1.57 bits per heavy atom. The van der Waals surface area contributed by atoms with Gasteiger partial charge in [0.05, 0.1) is 6.61 Å². The summed E-state index contributed by atoms with van der Waals surface area (Å²) in [7, 11) is 0. The molecule has 0 bridgehead atoms. The van der Waals surface area contributed by atoms with E-state index in [9.17, 15) is 22.8 Å². The van der Waals surface area contributed by atoms with Gasteiger partial charge in [-0.25, -0.2) is 4.79 Å². The van der Waals surface area contributed by atoms with Crippen LogP contribution in [0.3, 0.4) is 0 Å². The highest BCUT2D eigenvalue weighted by molar-refractivity contribution is 6.08. The minimum atomic E-state index is -4.97. The van der Waals surface area contributed by atoms with E-state index in [0.717, 1.165) is 5.56 Å². The second-order valence-electron chi connectivity index (χ2n) is 6.39. The summed E-state index contributed by atoms with van der Waals surface area (Å²) in [4.78, 5) is 25.4. The maximum Gasteiger partial charge on any atom is 0.425 e. The Hall–Kier alpha value is -2.87. The van der Waals surface area contributed by atoms with E-state index < -0.39 is 23.7 Å². The summed E-state index contributed by atoms with van der Waals surface area (Å²) in [5.41, 5.74) is -2.42. The number of hydrogen-bond acceptors (Lipinski definition) is 3. The number of halogens is 3. The molecule has 0 spiro atoms. The fourth-order valence-electron chi connectivity index (χ4n) is 3.11. The van der Waals surface area contributed by atoms with E-state index in [1.165, 1.54) is 30.3 Å². The molecule has 3 rings (SSSR count). The second-order valence-corrected chi connectivity index (χ2v) is 6.39. The van der Waals surface area contributed by atoms with E-state index in [0.29, 0.717) is 11.5 Å². The van der Waals surface area contributed by atoms with Gasteiger partial charge >= 0.3 is 12.2 Å². The SMILES string of the molecule is O=C1N[C@](c2ccccc2)(C(F)(F)F)C(=O)N1CCCOCc1ccccc1. The molecule has 148 valence electrons. The maximum atomic E-state index is 13.8. The lowest BCUT2D eigenvalue weighted by Crippen LogP contribution is -2.55. The van der Waals surface area contributed by atoms with Crippen LogP contribution in [-0.2, 0) is 21.7 Å². The fraction of sp³-hybridized carbons (Fsp3) is 0.300. The van der Waals surface area contributed by atoms with Crippen molar-refractivity contribution >= 4 is 11.9 Å². The number of hydrogen-bond donors (Lipinski definition) is 1. The molecule has 1 N–H and O–H groups in total. The van der Waals surface area contributed by atoms with Crippen LogP contribution >= 0.6 is 0 Å². The van der Waals surface area contributed by atoms with E-state index in [-0.39, 0.29) is 25.1 Å². The number of urea groups is 1. The van der Waals surface area contributed by atoms with E-state index in [1.54, 1.807) is 0 Å². The van der Waals surface area contributed by atoms with Crippen LogP contribution in [0.25, 0.3) is 0 Å². The Kier molecular flexibility index (Phi) is 5.69. The van der Waals surface area contributed by atoms with Gasteiger partial charge in [-0.3, -0.25) is 9.69 Å². The van der Waals surface area contributed by atoms with E-state index in [1.807, 2.05) is 35.6 Å². The first-order chi connectivity index (χ1) is 13.4. The van der Waals surface area contributed by atoms with Gasteiger partial charge in [-0.05, 0) is 17.5 Å². The van der Waals surface area contributed by atoms with E-state index in [2.05, 4.69) is 0 Å². The topological polar surface area (TPSA) is 58.6 Å². The van der Waals surface area contributed by atoms with Crippen LogP contribution in [0.4, 0.5) is 18.0 Å². The van der Waals surface area contributed by atoms with Gasteiger partial charge in [-0.1, -0.05) is 60.7 Å². The third kappa shape index (κ3) is 3.73. The van der Waals surface area contributed by atoms with Gasteiger partial charge in [0.25, 0.3) is 5.91 Å². The number of alkyl halides is 3. The van der Waals surface area contributed by atoms with Crippen LogP contribution < -0.4 is 5.32 Å². The van der Waals surface area contributed by atoms with Gasteiger partial charge < -0.3 is 10.1 Å². The molecule has 3 amide bonds. The molecule has 1 heterocycles. The number of benzene rings is 2. The molecule has 0 radical (unpaired) electrons. The fourth-order valence-corrected chi connectivity index (χ4v) is 3.11. The maximum absolute atomic E-state index is 13.8. The predicted octanol–water partition coefficient (Wildman–Crippen LogP) is 3.60. The smallest absolute Gasteiger partial charge is 0.377 e. The second kappa shape index (κ2) is 8.02. The van der Waals surface area contributed by atoms with Crippen LogP contribution in [0.5, 0.6) is 0 Å². The van der Waals surface area contributed by atoms with E-state index in [4.69, 9.17) is 4.74 Å². The molecule has 1 atom stereocenters. The van der Waals surface area contributed by atoms with Gasteiger partial charge in [-0.2, -0.15) is 13.2 Å². The highest BCUT2D eigenvalue weighted by atomic mass is 19.4. The molecule has 5 nitrogen and oxygen atoms in total. The summed E-state index contributed by atoms with van der Waals surface area (Å²) in [6.45, 7) is 0.387. The van der Waals surface area contributed by atoms with Gasteiger partial charge in [0, 0.05) is 13.2 Å². The zero-order valence-corrected chi connectivity index (χ0v) is 14.9. The van der Waals surface area contributed by atoms with Crippen LogP contribution in [0.1, 0.15) is 17.5 Å². The average molecular weight is 392 g/mol. The number of carbonyl (C=O) groups excluding carboxylic acids is 2. The van der Waals surface area contributed by atoms with Gasteiger partial charge in [0.15, 0.2) is 0 Å². The molecule has 1 saturated heterocycles. The number of nitrogens with one attached hydrogen (secondary N) is 1. The third-order valence-corrected chi connectivity index (χ3v) is 4.52. The molecule has 28 heavy (non-hydrogen) atoms. The number of rotatable bonds is 7. The highest BCUT2D eigenvalue weighted by Gasteiger charge is 2.68. The van der Waals surface area contributed by atoms with Crippen molar-refractivity contribution in [3.63, 3.8) is 0 Å². The van der Waals surface area contributed by atoms with Crippen LogP contribution in [-0.4, -0.2) is 36.2 Å². The molecular weight excluding hydrogens is 373 g/mol. The molecule has 0 aromatic heterocycles. The van der Waals surface area contributed by atoms with Crippen molar-refractivity contribution in [1.29, 1.82) is 0 Å². The lowest BCUT2D eigenvalue weighted by atomic mass is 9.89. The Morgan fingerprint density at radius 3 is 2.18 bits per heavy atom. The van der Waals surface area contributed by atoms with Crippen molar-refractivity contribution in [2.75, 3.05) is 13.2 Å². The first-order valence-electron chi connectivity index (χ1n) is 8.74. The van der Waals surface area contributed by atoms with Gasteiger partial charge in [-0.15, -0.1) is 0 Å². The molecular formula is C20H19F3N2O3. The molecule has 2 aromatic rings. The molecule has 1 fully saturated rings.